The summed E-state index contributed by atoms with van der Waals surface area (Å²) in [6, 6.07) is 16.5. The van der Waals surface area contributed by atoms with Gasteiger partial charge in [0.05, 0.1) is 11.6 Å². The molecule has 8 nitrogen and oxygen atoms in total. The Morgan fingerprint density at radius 2 is 1.83 bits per heavy atom. The molecule has 36 heavy (non-hydrogen) atoms. The molecule has 186 valence electrons. The van der Waals surface area contributed by atoms with Crippen molar-refractivity contribution in [3.8, 4) is 16.9 Å². The number of nitrogens with zero attached hydrogens (tertiary/aromatic N) is 2. The summed E-state index contributed by atoms with van der Waals surface area (Å²) in [5, 5.41) is 6.48. The van der Waals surface area contributed by atoms with Crippen LogP contribution in [0.2, 0.25) is 5.02 Å². The third kappa shape index (κ3) is 6.84. The van der Waals surface area contributed by atoms with Crippen LogP contribution in [0.5, 0.6) is 5.75 Å². The van der Waals surface area contributed by atoms with Crippen molar-refractivity contribution in [2.24, 2.45) is 0 Å². The molecule has 0 saturated carbocycles. The lowest BCUT2D eigenvalue weighted by atomic mass is 10.0. The highest BCUT2D eigenvalue weighted by molar-refractivity contribution is 6.32. The number of pyridine rings is 1. The number of carbonyl (C=O) groups is 2. The predicted octanol–water partition coefficient (Wildman–Crippen LogP) is 3.24. The smallest absolute Gasteiger partial charge is 0.253 e. The van der Waals surface area contributed by atoms with Crippen molar-refractivity contribution in [3.05, 3.63) is 83.0 Å². The molecule has 0 atom stereocenters. The van der Waals surface area contributed by atoms with Gasteiger partial charge in [-0.05, 0) is 59.2 Å². The number of benzene rings is 2. The second-order valence-corrected chi connectivity index (χ2v) is 8.66. The van der Waals surface area contributed by atoms with Gasteiger partial charge >= 0.3 is 0 Å². The van der Waals surface area contributed by atoms with E-state index in [1.165, 1.54) is 6.08 Å². The zero-order chi connectivity index (χ0) is 25.3. The molecule has 1 aliphatic rings. The first-order valence-electron chi connectivity index (χ1n) is 11.7. The molecule has 4 N–H and O–H groups in total. The summed E-state index contributed by atoms with van der Waals surface area (Å²) in [6.45, 7) is 3.68. The Kier molecular flexibility index (Phi) is 8.54. The largest absolute Gasteiger partial charge is 0.490 e. The highest BCUT2D eigenvalue weighted by Crippen LogP contribution is 2.30. The number of hydrogen-bond donors (Lipinski definition) is 3. The minimum atomic E-state index is -0.240. The van der Waals surface area contributed by atoms with Crippen LogP contribution in [0.4, 0.5) is 5.82 Å². The van der Waals surface area contributed by atoms with E-state index in [1.54, 1.807) is 30.5 Å². The van der Waals surface area contributed by atoms with Gasteiger partial charge in [-0.15, -0.1) is 0 Å². The number of aromatic nitrogens is 1. The molecule has 0 aliphatic carbocycles. The van der Waals surface area contributed by atoms with Gasteiger partial charge in [0, 0.05) is 44.0 Å². The number of nitrogen functional groups attached to an aromatic ring is 1. The van der Waals surface area contributed by atoms with Crippen molar-refractivity contribution < 1.29 is 14.3 Å². The molecule has 2 amide bonds. The van der Waals surface area contributed by atoms with Crippen LogP contribution in [0.3, 0.4) is 0 Å². The van der Waals surface area contributed by atoms with Gasteiger partial charge in [-0.1, -0.05) is 29.8 Å². The highest BCUT2D eigenvalue weighted by atomic mass is 35.5. The average molecular weight is 506 g/mol. The molecule has 0 bridgehead atoms. The molecule has 1 fully saturated rings. The van der Waals surface area contributed by atoms with Crippen LogP contribution < -0.4 is 21.1 Å². The molecular formula is C27H28ClN5O3. The fourth-order valence-electron chi connectivity index (χ4n) is 3.73. The number of piperazine rings is 1. The Hall–Kier alpha value is -3.88. The second-order valence-electron chi connectivity index (χ2n) is 8.25. The number of nitrogens with one attached hydrogen (secondary N) is 2. The molecule has 2 heterocycles. The van der Waals surface area contributed by atoms with Crippen LogP contribution in [0, 0.1) is 0 Å². The molecule has 0 unspecified atom stereocenters. The van der Waals surface area contributed by atoms with Gasteiger partial charge in [0.2, 0.25) is 5.91 Å². The summed E-state index contributed by atoms with van der Waals surface area (Å²) in [6.07, 6.45) is 4.68. The molecule has 1 aromatic heterocycles. The lowest BCUT2D eigenvalue weighted by molar-refractivity contribution is -0.116. The quantitative estimate of drug-likeness (QED) is 0.320. The van der Waals surface area contributed by atoms with Gasteiger partial charge in [0.1, 0.15) is 18.2 Å². The number of nitrogens with two attached hydrogens (primary N) is 1. The van der Waals surface area contributed by atoms with Gasteiger partial charge in [-0.2, -0.15) is 0 Å². The zero-order valence-electron chi connectivity index (χ0n) is 19.7. The monoisotopic (exact) mass is 505 g/mol. The van der Waals surface area contributed by atoms with E-state index in [4.69, 9.17) is 22.1 Å². The molecule has 0 spiro atoms. The van der Waals surface area contributed by atoms with Gasteiger partial charge in [-0.25, -0.2) is 4.98 Å². The Labute approximate surface area is 215 Å². The third-order valence-corrected chi connectivity index (χ3v) is 5.99. The first-order chi connectivity index (χ1) is 17.5. The summed E-state index contributed by atoms with van der Waals surface area (Å²) in [4.78, 5) is 30.5. The second kappa shape index (κ2) is 12.2. The summed E-state index contributed by atoms with van der Waals surface area (Å²) in [5.74, 6) is 0.769. The number of hydrogen-bond acceptors (Lipinski definition) is 6. The zero-order valence-corrected chi connectivity index (χ0v) is 20.5. The number of carbonyl (C=O) groups excluding carboxylic acids is 2. The SMILES string of the molecule is Nc1ccc(/C=C/C(=O)NCCOc2ccc(-c3ccc(C(=O)N4CCNCC4)cc3)cc2Cl)cn1. The van der Waals surface area contributed by atoms with Crippen molar-refractivity contribution in [2.45, 2.75) is 0 Å². The number of anilines is 1. The van der Waals surface area contributed by atoms with E-state index in [0.29, 0.717) is 28.7 Å². The van der Waals surface area contributed by atoms with Crippen LogP contribution in [-0.4, -0.2) is 61.0 Å². The number of halogens is 1. The minimum absolute atomic E-state index is 0.0506. The third-order valence-electron chi connectivity index (χ3n) is 5.70. The molecule has 2 aromatic carbocycles. The molecular weight excluding hydrogens is 478 g/mol. The maximum Gasteiger partial charge on any atom is 0.253 e. The Balaban J connectivity index is 1.26. The number of ether oxygens (including phenoxy) is 1. The van der Waals surface area contributed by atoms with E-state index < -0.39 is 0 Å². The average Bonchev–Trinajstić information content (AvgIpc) is 2.91. The Bertz CT molecular complexity index is 1220. The minimum Gasteiger partial charge on any atom is -0.490 e. The molecule has 1 saturated heterocycles. The van der Waals surface area contributed by atoms with Crippen LogP contribution in [0.15, 0.2) is 66.9 Å². The van der Waals surface area contributed by atoms with Gasteiger partial charge in [0.25, 0.3) is 5.91 Å². The van der Waals surface area contributed by atoms with Crippen LogP contribution >= 0.6 is 11.6 Å². The van der Waals surface area contributed by atoms with Crippen LogP contribution in [0.1, 0.15) is 15.9 Å². The Morgan fingerprint density at radius 1 is 1.08 bits per heavy atom. The maximum absolute atomic E-state index is 12.7. The predicted molar refractivity (Wildman–Crippen MR) is 142 cm³/mol. The van der Waals surface area contributed by atoms with E-state index in [9.17, 15) is 9.59 Å². The highest BCUT2D eigenvalue weighted by Gasteiger charge is 2.17. The molecule has 4 rings (SSSR count). The number of amides is 2. The van der Waals surface area contributed by atoms with Crippen molar-refractivity contribution in [1.82, 2.24) is 20.5 Å². The van der Waals surface area contributed by atoms with Crippen molar-refractivity contribution in [2.75, 3.05) is 45.1 Å². The van der Waals surface area contributed by atoms with E-state index in [1.807, 2.05) is 41.3 Å². The summed E-state index contributed by atoms with van der Waals surface area (Å²) in [5.41, 5.74) is 8.88. The maximum atomic E-state index is 12.7. The fraction of sp³-hybridized carbons (Fsp3) is 0.222. The van der Waals surface area contributed by atoms with Crippen LogP contribution in [-0.2, 0) is 4.79 Å². The van der Waals surface area contributed by atoms with Crippen molar-refractivity contribution in [3.63, 3.8) is 0 Å². The molecule has 3 aromatic rings. The van der Waals surface area contributed by atoms with Crippen molar-refractivity contribution in [1.29, 1.82) is 0 Å². The Morgan fingerprint density at radius 3 is 2.53 bits per heavy atom. The summed E-state index contributed by atoms with van der Waals surface area (Å²) in [7, 11) is 0. The first-order valence-corrected chi connectivity index (χ1v) is 12.1. The lowest BCUT2D eigenvalue weighted by Gasteiger charge is -2.27. The van der Waals surface area contributed by atoms with Crippen LogP contribution in [0.25, 0.3) is 17.2 Å². The van der Waals surface area contributed by atoms with E-state index in [0.717, 1.165) is 42.9 Å². The van der Waals surface area contributed by atoms with Crippen molar-refractivity contribution >= 4 is 35.3 Å². The first kappa shape index (κ1) is 25.2. The molecule has 1 aliphatic heterocycles. The fourth-order valence-corrected chi connectivity index (χ4v) is 3.97. The van der Waals surface area contributed by atoms with E-state index in [-0.39, 0.29) is 18.4 Å². The summed E-state index contributed by atoms with van der Waals surface area (Å²) < 4.78 is 5.72. The summed E-state index contributed by atoms with van der Waals surface area (Å²) >= 11 is 6.43. The van der Waals surface area contributed by atoms with E-state index in [2.05, 4.69) is 15.6 Å². The standard InChI is InChI=1S/C27H28ClN5O3/c28-23-17-22(20-3-5-21(6-4-20)27(35)33-14-11-30-12-15-33)7-8-24(23)36-16-13-31-26(34)10-2-19-1-9-25(29)32-18-19/h1-10,17-18,30H,11-16H2,(H2,29,32)(H,31,34)/b10-2+. The van der Waals surface area contributed by atoms with Gasteiger partial charge < -0.3 is 26.0 Å². The molecule has 9 heteroatoms. The molecule has 0 radical (unpaired) electrons. The van der Waals surface area contributed by atoms with E-state index >= 15 is 0 Å². The van der Waals surface area contributed by atoms with Gasteiger partial charge in [0.15, 0.2) is 0 Å². The lowest BCUT2D eigenvalue weighted by Crippen LogP contribution is -2.46. The normalized spacial score (nSPS) is 13.5. The topological polar surface area (TPSA) is 110 Å². The number of rotatable bonds is 8. The van der Waals surface area contributed by atoms with Gasteiger partial charge in [-0.3, -0.25) is 9.59 Å².